The molecule has 0 amide bonds. The number of anilines is 1. The van der Waals surface area contributed by atoms with Gasteiger partial charge in [0.2, 0.25) is 5.16 Å². The Labute approximate surface area is 166 Å². The topological polar surface area (TPSA) is 120 Å². The average molecular weight is 397 g/mol. The zero-order chi connectivity index (χ0) is 19.9. The van der Waals surface area contributed by atoms with Crippen LogP contribution in [0.3, 0.4) is 0 Å². The van der Waals surface area contributed by atoms with Crippen molar-refractivity contribution in [2.45, 2.75) is 12.1 Å². The van der Waals surface area contributed by atoms with E-state index in [0.717, 1.165) is 11.3 Å². The molecule has 0 unspecified atom stereocenters. The summed E-state index contributed by atoms with van der Waals surface area (Å²) in [7, 11) is 1.58. The first kappa shape index (κ1) is 19.4. The van der Waals surface area contributed by atoms with Crippen molar-refractivity contribution in [3.63, 3.8) is 0 Å². The highest BCUT2D eigenvalue weighted by molar-refractivity contribution is 7.99. The number of ether oxygens (including phenoxy) is 1. The molecule has 0 atom stereocenters. The molecule has 2 aromatic heterocycles. The van der Waals surface area contributed by atoms with Crippen molar-refractivity contribution in [3.8, 4) is 5.75 Å². The van der Waals surface area contributed by atoms with Gasteiger partial charge in [0.15, 0.2) is 5.78 Å². The maximum atomic E-state index is 12.3. The number of aromatic nitrogens is 4. The number of hydrogen-bond donors (Lipinski definition) is 2. The van der Waals surface area contributed by atoms with Crippen LogP contribution in [-0.4, -0.2) is 44.2 Å². The van der Waals surface area contributed by atoms with Crippen LogP contribution in [0.4, 0.5) is 5.95 Å². The second-order valence-corrected chi connectivity index (χ2v) is 6.60. The first-order valence-corrected chi connectivity index (χ1v) is 9.28. The highest BCUT2D eigenvalue weighted by atomic mass is 32.2. The Balaban J connectivity index is 1.60. The second-order valence-electron chi connectivity index (χ2n) is 5.66. The van der Waals surface area contributed by atoms with Gasteiger partial charge in [0, 0.05) is 23.5 Å². The van der Waals surface area contributed by atoms with E-state index in [1.54, 1.807) is 43.8 Å². The minimum atomic E-state index is -0.0447. The van der Waals surface area contributed by atoms with Gasteiger partial charge in [0.1, 0.15) is 5.75 Å². The van der Waals surface area contributed by atoms with Crippen molar-refractivity contribution in [1.82, 2.24) is 19.9 Å². The molecule has 0 aliphatic heterocycles. The first-order valence-electron chi connectivity index (χ1n) is 8.29. The predicted molar refractivity (Wildman–Crippen MR) is 108 cm³/mol. The van der Waals surface area contributed by atoms with Gasteiger partial charge in [-0.15, -0.1) is 10.2 Å². The number of carbonyl (C=O) groups excluding carboxylic acids is 1. The van der Waals surface area contributed by atoms with E-state index in [-0.39, 0.29) is 17.5 Å². The molecule has 28 heavy (non-hydrogen) atoms. The van der Waals surface area contributed by atoms with Crippen molar-refractivity contribution in [3.05, 3.63) is 59.9 Å². The van der Waals surface area contributed by atoms with E-state index in [0.29, 0.717) is 16.5 Å². The smallest absolute Gasteiger partial charge is 0.264 e. The molecule has 0 saturated carbocycles. The Morgan fingerprint density at radius 1 is 1.18 bits per heavy atom. The molecule has 3 rings (SSSR count). The Kier molecular flexibility index (Phi) is 6.22. The van der Waals surface area contributed by atoms with Crippen LogP contribution >= 0.6 is 11.8 Å². The number of methoxy groups -OCH3 is 1. The molecule has 0 bridgehead atoms. The molecule has 3 N–H and O–H groups in total. The van der Waals surface area contributed by atoms with Crippen LogP contribution < -0.4 is 16.0 Å². The van der Waals surface area contributed by atoms with E-state index in [1.165, 1.54) is 16.4 Å². The molecular formula is C18H19N7O2S. The number of nitrogens with one attached hydrogen (secondary N) is 1. The third-order valence-electron chi connectivity index (χ3n) is 3.83. The monoisotopic (exact) mass is 397 g/mol. The normalized spacial score (nSPS) is 11.3. The van der Waals surface area contributed by atoms with E-state index in [4.69, 9.17) is 10.6 Å². The van der Waals surface area contributed by atoms with Crippen LogP contribution in [0.5, 0.6) is 5.75 Å². The summed E-state index contributed by atoms with van der Waals surface area (Å²) in [6.07, 6.45) is 3.38. The highest BCUT2D eigenvalue weighted by Gasteiger charge is 2.13. The van der Waals surface area contributed by atoms with Gasteiger partial charge >= 0.3 is 0 Å². The summed E-state index contributed by atoms with van der Waals surface area (Å²) in [5.74, 6) is 7.10. The number of nitrogens with zero attached hydrogens (tertiary/aromatic N) is 5. The Hall–Kier alpha value is -3.40. The molecule has 0 saturated heterocycles. The molecule has 0 radical (unpaired) electrons. The van der Waals surface area contributed by atoms with Crippen LogP contribution in [0, 0.1) is 0 Å². The number of nitrogens with two attached hydrogens (primary N) is 1. The van der Waals surface area contributed by atoms with Crippen molar-refractivity contribution >= 4 is 29.2 Å². The summed E-state index contributed by atoms with van der Waals surface area (Å²) in [4.78, 5) is 16.3. The van der Waals surface area contributed by atoms with Crippen LogP contribution in [0.15, 0.2) is 59.0 Å². The quantitative estimate of drug-likeness (QED) is 0.195. The fourth-order valence-electron chi connectivity index (χ4n) is 2.23. The van der Waals surface area contributed by atoms with E-state index in [1.807, 2.05) is 19.1 Å². The lowest BCUT2D eigenvalue weighted by molar-refractivity contribution is 0.102. The molecule has 0 aliphatic carbocycles. The fraction of sp³-hybridized carbons (Fsp3) is 0.167. The van der Waals surface area contributed by atoms with Gasteiger partial charge in [-0.05, 0) is 43.3 Å². The molecule has 9 nitrogen and oxygen atoms in total. The summed E-state index contributed by atoms with van der Waals surface area (Å²) < 4.78 is 6.35. The van der Waals surface area contributed by atoms with Gasteiger partial charge in [-0.25, -0.2) is 10.1 Å². The van der Waals surface area contributed by atoms with Gasteiger partial charge in [0.25, 0.3) is 5.95 Å². The van der Waals surface area contributed by atoms with Crippen LogP contribution in [0.25, 0.3) is 0 Å². The highest BCUT2D eigenvalue weighted by Crippen LogP contribution is 2.19. The minimum Gasteiger partial charge on any atom is -0.497 e. The van der Waals surface area contributed by atoms with E-state index in [2.05, 4.69) is 25.7 Å². The van der Waals surface area contributed by atoms with Crippen molar-refractivity contribution in [2.75, 3.05) is 24.1 Å². The van der Waals surface area contributed by atoms with Crippen molar-refractivity contribution in [2.24, 2.45) is 5.10 Å². The van der Waals surface area contributed by atoms with E-state index in [9.17, 15) is 4.79 Å². The standard InChI is InChI=1S/C18H19N7O2S/c1-12(13-7-9-20-10-8-13)21-22-17-23-24-18(25(17)19)28-11-16(26)14-3-5-15(27-2)6-4-14/h3-10H,11,19H2,1-2H3,(H,22,23)/b21-12-. The lowest BCUT2D eigenvalue weighted by Gasteiger charge is -2.05. The van der Waals surface area contributed by atoms with Crippen molar-refractivity contribution < 1.29 is 9.53 Å². The molecule has 10 heteroatoms. The van der Waals surface area contributed by atoms with Gasteiger partial charge in [-0.2, -0.15) is 5.10 Å². The number of nitrogen functional groups attached to an aromatic ring is 1. The zero-order valence-corrected chi connectivity index (χ0v) is 16.2. The zero-order valence-electron chi connectivity index (χ0n) is 15.4. The number of Topliss-reactive ketones (excluding diaryl/α,β-unsaturated/α-hetero) is 1. The number of hydrazone groups is 1. The number of carbonyl (C=O) groups is 1. The SMILES string of the molecule is COc1ccc(C(=O)CSc2nnc(N/N=C(/C)c3ccncc3)n2N)cc1. The van der Waals surface area contributed by atoms with Gasteiger partial charge < -0.3 is 10.6 Å². The van der Waals surface area contributed by atoms with Crippen molar-refractivity contribution in [1.29, 1.82) is 0 Å². The van der Waals surface area contributed by atoms with E-state index >= 15 is 0 Å². The molecule has 144 valence electrons. The fourth-order valence-corrected chi connectivity index (χ4v) is 2.98. The van der Waals surface area contributed by atoms with E-state index < -0.39 is 0 Å². The Bertz CT molecular complexity index is 971. The summed E-state index contributed by atoms with van der Waals surface area (Å²) in [5.41, 5.74) is 5.04. The molecule has 2 heterocycles. The molecule has 0 fully saturated rings. The molecular weight excluding hydrogens is 378 g/mol. The number of thioether (sulfide) groups is 1. The number of ketones is 1. The largest absolute Gasteiger partial charge is 0.497 e. The van der Waals surface area contributed by atoms with Gasteiger partial charge in [0.05, 0.1) is 18.6 Å². The predicted octanol–water partition coefficient (Wildman–Crippen LogP) is 2.21. The molecule has 0 spiro atoms. The maximum Gasteiger partial charge on any atom is 0.264 e. The Morgan fingerprint density at radius 2 is 1.89 bits per heavy atom. The van der Waals surface area contributed by atoms with Crippen LogP contribution in [0.1, 0.15) is 22.8 Å². The summed E-state index contributed by atoms with van der Waals surface area (Å²) in [6.45, 7) is 1.85. The van der Waals surface area contributed by atoms with Gasteiger partial charge in [-0.3, -0.25) is 9.78 Å². The first-order chi connectivity index (χ1) is 13.6. The number of pyridine rings is 1. The lowest BCUT2D eigenvalue weighted by Crippen LogP contribution is -2.14. The van der Waals surface area contributed by atoms with Gasteiger partial charge in [-0.1, -0.05) is 11.8 Å². The summed E-state index contributed by atoms with van der Waals surface area (Å²) in [6, 6.07) is 10.6. The second kappa shape index (κ2) is 9.00. The lowest BCUT2D eigenvalue weighted by atomic mass is 10.1. The number of rotatable bonds is 8. The molecule has 1 aromatic carbocycles. The Morgan fingerprint density at radius 3 is 2.57 bits per heavy atom. The number of benzene rings is 1. The van der Waals surface area contributed by atoms with Crippen LogP contribution in [0.2, 0.25) is 0 Å². The average Bonchev–Trinajstić information content (AvgIpc) is 3.10. The summed E-state index contributed by atoms with van der Waals surface area (Å²) >= 11 is 1.20. The van der Waals surface area contributed by atoms with Crippen LogP contribution in [-0.2, 0) is 0 Å². The molecule has 0 aliphatic rings. The third kappa shape index (κ3) is 4.65. The number of hydrogen-bond acceptors (Lipinski definition) is 9. The molecule has 3 aromatic rings. The third-order valence-corrected chi connectivity index (χ3v) is 4.77. The minimum absolute atomic E-state index is 0.0447. The summed E-state index contributed by atoms with van der Waals surface area (Å²) in [5, 5.41) is 12.6. The maximum absolute atomic E-state index is 12.3.